The van der Waals surface area contributed by atoms with Crippen molar-refractivity contribution in [1.82, 2.24) is 9.55 Å². The van der Waals surface area contributed by atoms with Crippen LogP contribution in [0, 0.1) is 11.6 Å². The standard InChI is InChI=1S/C10H8F2N2/c1-14-3-2-13-10(14)7-4-8(11)6-9(12)5-7/h2-6H,1H3. The van der Waals surface area contributed by atoms with Crippen molar-refractivity contribution in [3.8, 4) is 11.4 Å². The lowest BCUT2D eigenvalue weighted by atomic mass is 10.2. The highest BCUT2D eigenvalue weighted by Gasteiger charge is 2.06. The highest BCUT2D eigenvalue weighted by Crippen LogP contribution is 2.18. The Morgan fingerprint density at radius 1 is 1.14 bits per heavy atom. The molecular weight excluding hydrogens is 186 g/mol. The predicted octanol–water partition coefficient (Wildman–Crippen LogP) is 2.37. The molecule has 0 radical (unpaired) electrons. The van der Waals surface area contributed by atoms with E-state index in [2.05, 4.69) is 4.98 Å². The van der Waals surface area contributed by atoms with Gasteiger partial charge < -0.3 is 4.57 Å². The lowest BCUT2D eigenvalue weighted by Crippen LogP contribution is -1.92. The third-order valence-corrected chi connectivity index (χ3v) is 1.94. The van der Waals surface area contributed by atoms with Crippen molar-refractivity contribution in [2.24, 2.45) is 7.05 Å². The van der Waals surface area contributed by atoms with Gasteiger partial charge in [-0.2, -0.15) is 0 Å². The number of aryl methyl sites for hydroxylation is 1. The van der Waals surface area contributed by atoms with E-state index in [4.69, 9.17) is 0 Å². The Balaban J connectivity index is 2.57. The highest BCUT2D eigenvalue weighted by molar-refractivity contribution is 5.55. The number of nitrogens with zero attached hydrogens (tertiary/aromatic N) is 2. The van der Waals surface area contributed by atoms with Gasteiger partial charge in [0.15, 0.2) is 0 Å². The third kappa shape index (κ3) is 1.51. The molecule has 0 amide bonds. The molecule has 2 nitrogen and oxygen atoms in total. The van der Waals surface area contributed by atoms with Crippen molar-refractivity contribution in [3.63, 3.8) is 0 Å². The summed E-state index contributed by atoms with van der Waals surface area (Å²) in [6.07, 6.45) is 3.30. The highest BCUT2D eigenvalue weighted by atomic mass is 19.1. The number of imidazole rings is 1. The van der Waals surface area contributed by atoms with Gasteiger partial charge in [-0.05, 0) is 12.1 Å². The number of halogens is 2. The monoisotopic (exact) mass is 194 g/mol. The van der Waals surface area contributed by atoms with Crippen LogP contribution in [0.4, 0.5) is 8.78 Å². The van der Waals surface area contributed by atoms with E-state index in [0.29, 0.717) is 11.4 Å². The van der Waals surface area contributed by atoms with E-state index >= 15 is 0 Å². The maximum atomic E-state index is 12.9. The van der Waals surface area contributed by atoms with Gasteiger partial charge in [0.2, 0.25) is 0 Å². The fourth-order valence-corrected chi connectivity index (χ4v) is 1.33. The molecule has 1 aromatic heterocycles. The van der Waals surface area contributed by atoms with Crippen LogP contribution < -0.4 is 0 Å². The Labute approximate surface area is 79.8 Å². The van der Waals surface area contributed by atoms with E-state index in [1.54, 1.807) is 24.0 Å². The molecule has 0 N–H and O–H groups in total. The van der Waals surface area contributed by atoms with Gasteiger partial charge in [-0.3, -0.25) is 0 Å². The van der Waals surface area contributed by atoms with Crippen LogP contribution in [0.2, 0.25) is 0 Å². The lowest BCUT2D eigenvalue weighted by Gasteiger charge is -2.01. The second-order valence-electron chi connectivity index (χ2n) is 3.02. The molecule has 0 atom stereocenters. The van der Waals surface area contributed by atoms with Crippen LogP contribution in [0.1, 0.15) is 0 Å². The molecule has 0 unspecified atom stereocenters. The zero-order chi connectivity index (χ0) is 10.1. The molecule has 14 heavy (non-hydrogen) atoms. The first kappa shape index (κ1) is 8.87. The first-order valence-electron chi connectivity index (χ1n) is 4.10. The van der Waals surface area contributed by atoms with Crippen molar-refractivity contribution in [3.05, 3.63) is 42.2 Å². The zero-order valence-electron chi connectivity index (χ0n) is 7.54. The molecule has 0 aliphatic rings. The van der Waals surface area contributed by atoms with Crippen LogP contribution in [0.3, 0.4) is 0 Å². The molecule has 0 fully saturated rings. The van der Waals surface area contributed by atoms with Gasteiger partial charge >= 0.3 is 0 Å². The summed E-state index contributed by atoms with van der Waals surface area (Å²) in [6, 6.07) is 3.35. The van der Waals surface area contributed by atoms with Crippen molar-refractivity contribution in [2.75, 3.05) is 0 Å². The normalized spacial score (nSPS) is 10.5. The molecule has 0 saturated heterocycles. The minimum Gasteiger partial charge on any atom is -0.334 e. The maximum Gasteiger partial charge on any atom is 0.139 e. The van der Waals surface area contributed by atoms with E-state index in [-0.39, 0.29) is 0 Å². The van der Waals surface area contributed by atoms with Crippen LogP contribution >= 0.6 is 0 Å². The molecule has 0 spiro atoms. The summed E-state index contributed by atoms with van der Waals surface area (Å²) in [6.45, 7) is 0. The molecule has 2 rings (SSSR count). The predicted molar refractivity (Wildman–Crippen MR) is 48.6 cm³/mol. The van der Waals surface area contributed by atoms with Gasteiger partial charge in [0.05, 0.1) is 0 Å². The van der Waals surface area contributed by atoms with Crippen molar-refractivity contribution >= 4 is 0 Å². The first-order chi connectivity index (χ1) is 6.66. The van der Waals surface area contributed by atoms with Gasteiger partial charge in [-0.15, -0.1) is 0 Å². The molecular formula is C10H8F2N2. The average molecular weight is 194 g/mol. The van der Waals surface area contributed by atoms with Gasteiger partial charge in [0, 0.05) is 31.1 Å². The first-order valence-corrected chi connectivity index (χ1v) is 4.10. The Morgan fingerprint density at radius 2 is 1.79 bits per heavy atom. The van der Waals surface area contributed by atoms with E-state index in [1.807, 2.05) is 0 Å². The SMILES string of the molecule is Cn1ccnc1-c1cc(F)cc(F)c1. The van der Waals surface area contributed by atoms with Crippen LogP contribution in [0.15, 0.2) is 30.6 Å². The van der Waals surface area contributed by atoms with Crippen LogP contribution in [0.5, 0.6) is 0 Å². The number of hydrogen-bond donors (Lipinski definition) is 0. The van der Waals surface area contributed by atoms with E-state index in [0.717, 1.165) is 6.07 Å². The van der Waals surface area contributed by atoms with Gasteiger partial charge in [-0.1, -0.05) is 0 Å². The fraction of sp³-hybridized carbons (Fsp3) is 0.100. The molecule has 0 bridgehead atoms. The maximum absolute atomic E-state index is 12.9. The number of rotatable bonds is 1. The minimum atomic E-state index is -0.594. The van der Waals surface area contributed by atoms with E-state index < -0.39 is 11.6 Å². The fourth-order valence-electron chi connectivity index (χ4n) is 1.33. The van der Waals surface area contributed by atoms with E-state index in [1.165, 1.54) is 12.1 Å². The summed E-state index contributed by atoms with van der Waals surface area (Å²) < 4.78 is 27.5. The topological polar surface area (TPSA) is 17.8 Å². The Kier molecular flexibility index (Phi) is 2.04. The number of hydrogen-bond acceptors (Lipinski definition) is 1. The number of aromatic nitrogens is 2. The molecule has 1 heterocycles. The Hall–Kier alpha value is -1.71. The van der Waals surface area contributed by atoms with Gasteiger partial charge in [0.1, 0.15) is 17.5 Å². The summed E-state index contributed by atoms with van der Waals surface area (Å²) in [7, 11) is 1.77. The van der Waals surface area contributed by atoms with E-state index in [9.17, 15) is 8.78 Å². The van der Waals surface area contributed by atoms with Crippen LogP contribution in [-0.4, -0.2) is 9.55 Å². The smallest absolute Gasteiger partial charge is 0.139 e. The molecule has 4 heteroatoms. The van der Waals surface area contributed by atoms with Crippen molar-refractivity contribution in [2.45, 2.75) is 0 Å². The summed E-state index contributed by atoms with van der Waals surface area (Å²) >= 11 is 0. The summed E-state index contributed by atoms with van der Waals surface area (Å²) in [5.74, 6) is -0.644. The largest absolute Gasteiger partial charge is 0.334 e. The molecule has 1 aromatic carbocycles. The summed E-state index contributed by atoms with van der Waals surface area (Å²) in [5, 5.41) is 0. The van der Waals surface area contributed by atoms with Gasteiger partial charge in [-0.25, -0.2) is 13.8 Å². The van der Waals surface area contributed by atoms with Crippen molar-refractivity contribution < 1.29 is 8.78 Å². The molecule has 0 aliphatic carbocycles. The minimum absolute atomic E-state index is 0.440. The Morgan fingerprint density at radius 3 is 2.29 bits per heavy atom. The quantitative estimate of drug-likeness (QED) is 0.681. The zero-order valence-corrected chi connectivity index (χ0v) is 7.54. The second-order valence-corrected chi connectivity index (χ2v) is 3.02. The van der Waals surface area contributed by atoms with Crippen LogP contribution in [-0.2, 0) is 7.05 Å². The third-order valence-electron chi connectivity index (χ3n) is 1.94. The summed E-state index contributed by atoms with van der Waals surface area (Å²) in [4.78, 5) is 4.00. The molecule has 0 aliphatic heterocycles. The summed E-state index contributed by atoms with van der Waals surface area (Å²) in [5.41, 5.74) is 0.440. The number of benzene rings is 1. The van der Waals surface area contributed by atoms with Crippen LogP contribution in [0.25, 0.3) is 11.4 Å². The lowest BCUT2D eigenvalue weighted by molar-refractivity contribution is 0.584. The molecule has 72 valence electrons. The molecule has 0 saturated carbocycles. The van der Waals surface area contributed by atoms with Crippen molar-refractivity contribution in [1.29, 1.82) is 0 Å². The Bertz CT molecular complexity index is 443. The van der Waals surface area contributed by atoms with Gasteiger partial charge in [0.25, 0.3) is 0 Å². The molecule has 2 aromatic rings. The average Bonchev–Trinajstić information content (AvgIpc) is 2.49. The second kappa shape index (κ2) is 3.21.